The van der Waals surface area contributed by atoms with Gasteiger partial charge in [-0.1, -0.05) is 0 Å². The fourth-order valence-electron chi connectivity index (χ4n) is 1.40. The molecule has 0 radical (unpaired) electrons. The highest BCUT2D eigenvalue weighted by Gasteiger charge is 2.38. The van der Waals surface area contributed by atoms with E-state index in [2.05, 4.69) is 0 Å². The van der Waals surface area contributed by atoms with E-state index in [1.165, 1.54) is 11.8 Å². The average Bonchev–Trinajstić information content (AvgIpc) is 1.82. The summed E-state index contributed by atoms with van der Waals surface area (Å²) in [6, 6.07) is 0. The average molecular weight is 171 g/mol. The van der Waals surface area contributed by atoms with Crippen LogP contribution in [0.2, 0.25) is 0 Å². The van der Waals surface area contributed by atoms with Crippen LogP contribution in [0.15, 0.2) is 0 Å². The molecule has 0 aliphatic carbocycles. The molecule has 1 aliphatic rings. The maximum absolute atomic E-state index is 11.2. The normalized spacial score (nSPS) is 23.1. The zero-order chi connectivity index (χ0) is 9.35. The van der Waals surface area contributed by atoms with Crippen LogP contribution in [0, 0.1) is 0 Å². The molecule has 0 spiro atoms. The van der Waals surface area contributed by atoms with E-state index in [0.717, 1.165) is 0 Å². The quantitative estimate of drug-likeness (QED) is 0.561. The summed E-state index contributed by atoms with van der Waals surface area (Å²) in [6.07, 6.45) is 0.0964. The number of likely N-dealkylation sites (tertiary alicyclic amines) is 1. The first-order chi connectivity index (χ1) is 5.46. The Morgan fingerprint density at radius 3 is 2.17 bits per heavy atom. The van der Waals surface area contributed by atoms with Crippen LogP contribution in [0.5, 0.6) is 0 Å². The summed E-state index contributed by atoms with van der Waals surface area (Å²) < 4.78 is 0. The van der Waals surface area contributed by atoms with Gasteiger partial charge in [0.2, 0.25) is 11.8 Å². The van der Waals surface area contributed by atoms with Gasteiger partial charge in [0.25, 0.3) is 0 Å². The predicted molar refractivity (Wildman–Crippen MR) is 42.3 cm³/mol. The first kappa shape index (κ1) is 9.19. The maximum Gasteiger partial charge on any atom is 0.232 e. The number of carbonyl (C=O) groups excluding carboxylic acids is 2. The van der Waals surface area contributed by atoms with Gasteiger partial charge in [0.1, 0.15) is 0 Å². The summed E-state index contributed by atoms with van der Waals surface area (Å²) >= 11 is 0. The second-order valence-corrected chi connectivity index (χ2v) is 3.38. The molecule has 0 atom stereocenters. The van der Waals surface area contributed by atoms with Crippen LogP contribution in [-0.4, -0.2) is 34.0 Å². The van der Waals surface area contributed by atoms with Crippen molar-refractivity contribution in [3.63, 3.8) is 0 Å². The number of imide groups is 1. The van der Waals surface area contributed by atoms with Crippen molar-refractivity contribution in [1.82, 2.24) is 4.90 Å². The lowest BCUT2D eigenvalue weighted by molar-refractivity contribution is -0.156. The number of rotatable bonds is 1. The van der Waals surface area contributed by atoms with Gasteiger partial charge in [0.05, 0.1) is 18.4 Å². The van der Waals surface area contributed by atoms with Gasteiger partial charge in [-0.15, -0.1) is 0 Å². The highest BCUT2D eigenvalue weighted by molar-refractivity contribution is 5.98. The molecule has 4 nitrogen and oxygen atoms in total. The van der Waals surface area contributed by atoms with Gasteiger partial charge in [-0.2, -0.15) is 0 Å². The third-order valence-corrected chi connectivity index (χ3v) is 1.98. The molecule has 68 valence electrons. The first-order valence-electron chi connectivity index (χ1n) is 4.02. The van der Waals surface area contributed by atoms with Gasteiger partial charge in [-0.3, -0.25) is 14.5 Å². The molecular formula is C8H13NO3. The molecule has 2 amide bonds. The van der Waals surface area contributed by atoms with Crippen molar-refractivity contribution < 1.29 is 14.7 Å². The number of nitrogens with zero attached hydrogens (tertiary/aromatic N) is 1. The van der Waals surface area contributed by atoms with Crippen molar-refractivity contribution in [3.05, 3.63) is 0 Å². The van der Waals surface area contributed by atoms with Crippen molar-refractivity contribution in [2.24, 2.45) is 0 Å². The highest BCUT2D eigenvalue weighted by Crippen LogP contribution is 2.22. The van der Waals surface area contributed by atoms with Gasteiger partial charge in [0, 0.05) is 6.54 Å². The summed E-state index contributed by atoms with van der Waals surface area (Å²) in [4.78, 5) is 23.6. The van der Waals surface area contributed by atoms with Crippen molar-refractivity contribution in [2.45, 2.75) is 32.3 Å². The van der Waals surface area contributed by atoms with E-state index >= 15 is 0 Å². The zero-order valence-corrected chi connectivity index (χ0v) is 7.33. The van der Waals surface area contributed by atoms with Crippen molar-refractivity contribution in [2.75, 3.05) is 6.54 Å². The van der Waals surface area contributed by atoms with Crippen molar-refractivity contribution >= 4 is 11.8 Å². The lowest BCUT2D eigenvalue weighted by Gasteiger charge is -2.32. The topological polar surface area (TPSA) is 57.6 Å². The number of piperidine rings is 1. The number of aliphatic hydroxyl groups is 1. The Kier molecular flexibility index (Phi) is 2.19. The second kappa shape index (κ2) is 2.86. The van der Waals surface area contributed by atoms with Gasteiger partial charge in [-0.25, -0.2) is 0 Å². The number of carbonyl (C=O) groups is 2. The maximum atomic E-state index is 11.2. The molecule has 0 bridgehead atoms. The summed E-state index contributed by atoms with van der Waals surface area (Å²) in [5.74, 6) is -0.558. The van der Waals surface area contributed by atoms with Gasteiger partial charge in [0.15, 0.2) is 0 Å². The highest BCUT2D eigenvalue weighted by atomic mass is 16.3. The molecule has 0 aromatic carbocycles. The van der Waals surface area contributed by atoms with Crippen molar-refractivity contribution in [3.8, 4) is 0 Å². The smallest absolute Gasteiger partial charge is 0.232 e. The Bertz CT molecular complexity index is 202. The van der Waals surface area contributed by atoms with E-state index in [9.17, 15) is 14.7 Å². The molecule has 4 heteroatoms. The predicted octanol–water partition coefficient (Wildman–Crippen LogP) is -0.0937. The van der Waals surface area contributed by atoms with Crippen LogP contribution >= 0.6 is 0 Å². The lowest BCUT2D eigenvalue weighted by atomic mass is 9.93. The standard InChI is InChI=1S/C8H13NO3/c1-3-9-6(10)4-8(2,12)5-7(9)11/h12H,3-5H2,1-2H3. The zero-order valence-electron chi connectivity index (χ0n) is 7.33. The molecule has 12 heavy (non-hydrogen) atoms. The van der Waals surface area contributed by atoms with E-state index in [-0.39, 0.29) is 24.7 Å². The molecule has 1 fully saturated rings. The minimum atomic E-state index is -1.14. The summed E-state index contributed by atoms with van der Waals surface area (Å²) in [5.41, 5.74) is -1.14. The van der Waals surface area contributed by atoms with E-state index in [4.69, 9.17) is 0 Å². The summed E-state index contributed by atoms with van der Waals surface area (Å²) in [7, 11) is 0. The molecule has 0 aromatic rings. The summed E-state index contributed by atoms with van der Waals surface area (Å²) in [5, 5.41) is 9.46. The summed E-state index contributed by atoms with van der Waals surface area (Å²) in [6.45, 7) is 3.65. The number of amides is 2. The first-order valence-corrected chi connectivity index (χ1v) is 4.02. The Morgan fingerprint density at radius 2 is 1.83 bits per heavy atom. The van der Waals surface area contributed by atoms with Gasteiger partial charge >= 0.3 is 0 Å². The van der Waals surface area contributed by atoms with Crippen LogP contribution in [-0.2, 0) is 9.59 Å². The van der Waals surface area contributed by atoms with Crippen LogP contribution in [0.25, 0.3) is 0 Å². The van der Waals surface area contributed by atoms with Crippen LogP contribution in [0.4, 0.5) is 0 Å². The van der Waals surface area contributed by atoms with E-state index in [0.29, 0.717) is 6.54 Å². The third kappa shape index (κ3) is 1.64. The van der Waals surface area contributed by atoms with E-state index in [1.54, 1.807) is 6.92 Å². The third-order valence-electron chi connectivity index (χ3n) is 1.98. The van der Waals surface area contributed by atoms with Crippen LogP contribution in [0.3, 0.4) is 0 Å². The Morgan fingerprint density at radius 1 is 1.42 bits per heavy atom. The van der Waals surface area contributed by atoms with Gasteiger partial charge in [-0.05, 0) is 13.8 Å². The SMILES string of the molecule is CCN1C(=O)CC(C)(O)CC1=O. The monoisotopic (exact) mass is 171 g/mol. The van der Waals surface area contributed by atoms with Crippen LogP contribution < -0.4 is 0 Å². The molecule has 1 N–H and O–H groups in total. The number of hydrogen-bond acceptors (Lipinski definition) is 3. The van der Waals surface area contributed by atoms with Crippen LogP contribution in [0.1, 0.15) is 26.7 Å². The van der Waals surface area contributed by atoms with Crippen molar-refractivity contribution in [1.29, 1.82) is 0 Å². The second-order valence-electron chi connectivity index (χ2n) is 3.38. The Labute approximate surface area is 71.2 Å². The molecule has 1 aliphatic heterocycles. The minimum absolute atomic E-state index is 0.0482. The molecule has 0 saturated carbocycles. The molecular weight excluding hydrogens is 158 g/mol. The molecule has 1 heterocycles. The largest absolute Gasteiger partial charge is 0.389 e. The molecule has 1 saturated heterocycles. The number of hydrogen-bond donors (Lipinski definition) is 1. The Hall–Kier alpha value is -0.900. The minimum Gasteiger partial charge on any atom is -0.389 e. The molecule has 0 aromatic heterocycles. The molecule has 0 unspecified atom stereocenters. The van der Waals surface area contributed by atoms with E-state index in [1.807, 2.05) is 0 Å². The fourth-order valence-corrected chi connectivity index (χ4v) is 1.40. The molecule has 1 rings (SSSR count). The van der Waals surface area contributed by atoms with Gasteiger partial charge < -0.3 is 5.11 Å². The Balaban J connectivity index is 2.77. The fraction of sp³-hybridized carbons (Fsp3) is 0.750. The van der Waals surface area contributed by atoms with E-state index < -0.39 is 5.60 Å². The lowest BCUT2D eigenvalue weighted by Crippen LogP contribution is -2.49.